The maximum absolute atomic E-state index is 13.9. The van der Waals surface area contributed by atoms with Crippen LogP contribution in [0.5, 0.6) is 0 Å². The van der Waals surface area contributed by atoms with Gasteiger partial charge in [-0.25, -0.2) is 9.97 Å². The molecule has 4 aromatic rings. The van der Waals surface area contributed by atoms with Crippen molar-refractivity contribution in [3.8, 4) is 0 Å². The van der Waals surface area contributed by atoms with Gasteiger partial charge >= 0.3 is 6.18 Å². The molecular formula is C28H27F3N4O. The number of nitrogens with zero attached hydrogens (tertiary/aromatic N) is 4. The van der Waals surface area contributed by atoms with Crippen molar-refractivity contribution in [2.24, 2.45) is 5.92 Å². The zero-order valence-electron chi connectivity index (χ0n) is 20.2. The number of fused-ring (bicyclic) bond motifs is 1. The molecule has 0 saturated heterocycles. The number of anilines is 2. The van der Waals surface area contributed by atoms with Crippen LogP contribution in [0.15, 0.2) is 71.7 Å². The van der Waals surface area contributed by atoms with Crippen LogP contribution in [0.3, 0.4) is 0 Å². The standard InChI is InChI=1S/C28H27F3N4O/c1-18-33-24-17-32-25(34(2)22-14-12-21(13-15-22)28(29,30)31)16-23(24)27(36)35(18)26(20-10-6-7-11-20)19-8-4-3-5-9-19/h3-5,8-9,12-17,20,26H,6-7,10-11H2,1-2H3. The molecule has 5 rings (SSSR count). The molecule has 0 spiro atoms. The van der Waals surface area contributed by atoms with Crippen molar-refractivity contribution in [3.05, 3.63) is 94.2 Å². The second-order valence-corrected chi connectivity index (χ2v) is 9.40. The van der Waals surface area contributed by atoms with Crippen LogP contribution in [0.4, 0.5) is 24.7 Å². The van der Waals surface area contributed by atoms with Crippen molar-refractivity contribution in [1.82, 2.24) is 14.5 Å². The van der Waals surface area contributed by atoms with E-state index in [-0.39, 0.29) is 11.6 Å². The summed E-state index contributed by atoms with van der Waals surface area (Å²) in [6, 6.07) is 16.5. The van der Waals surface area contributed by atoms with Gasteiger partial charge in [0.1, 0.15) is 11.6 Å². The molecule has 1 fully saturated rings. The van der Waals surface area contributed by atoms with Gasteiger partial charge in [-0.1, -0.05) is 43.2 Å². The number of pyridine rings is 1. The summed E-state index contributed by atoms with van der Waals surface area (Å²) in [4.78, 5) is 24.8. The van der Waals surface area contributed by atoms with Gasteiger partial charge in [0.05, 0.1) is 28.7 Å². The first-order valence-electron chi connectivity index (χ1n) is 12.1. The summed E-state index contributed by atoms with van der Waals surface area (Å²) in [7, 11) is 1.71. The Morgan fingerprint density at radius 2 is 1.69 bits per heavy atom. The van der Waals surface area contributed by atoms with Gasteiger partial charge in [0.15, 0.2) is 0 Å². The molecule has 1 aliphatic rings. The van der Waals surface area contributed by atoms with Gasteiger partial charge in [-0.05, 0) is 61.6 Å². The van der Waals surface area contributed by atoms with Crippen molar-refractivity contribution < 1.29 is 13.2 Å². The molecule has 0 aliphatic heterocycles. The van der Waals surface area contributed by atoms with Gasteiger partial charge in [0.25, 0.3) is 5.56 Å². The summed E-state index contributed by atoms with van der Waals surface area (Å²) in [5.41, 5.74) is 1.27. The topological polar surface area (TPSA) is 51.0 Å². The highest BCUT2D eigenvalue weighted by atomic mass is 19.4. The van der Waals surface area contributed by atoms with E-state index in [0.717, 1.165) is 43.4 Å². The number of aromatic nitrogens is 3. The first-order chi connectivity index (χ1) is 17.2. The highest BCUT2D eigenvalue weighted by Gasteiger charge is 2.31. The Kier molecular flexibility index (Phi) is 6.28. The molecule has 1 saturated carbocycles. The van der Waals surface area contributed by atoms with E-state index in [1.165, 1.54) is 12.1 Å². The summed E-state index contributed by atoms with van der Waals surface area (Å²) >= 11 is 0. The predicted molar refractivity (Wildman–Crippen MR) is 135 cm³/mol. The molecule has 1 unspecified atom stereocenters. The van der Waals surface area contributed by atoms with E-state index in [1.54, 1.807) is 24.2 Å². The van der Waals surface area contributed by atoms with Crippen molar-refractivity contribution in [2.45, 2.75) is 44.8 Å². The number of aryl methyl sites for hydroxylation is 1. The minimum Gasteiger partial charge on any atom is -0.329 e. The number of hydrogen-bond donors (Lipinski definition) is 0. The van der Waals surface area contributed by atoms with Crippen LogP contribution in [0.1, 0.15) is 48.7 Å². The number of hydrogen-bond acceptors (Lipinski definition) is 4. The normalized spacial score (nSPS) is 15.4. The average Bonchev–Trinajstić information content (AvgIpc) is 3.40. The van der Waals surface area contributed by atoms with Gasteiger partial charge < -0.3 is 4.90 Å². The molecule has 186 valence electrons. The summed E-state index contributed by atoms with van der Waals surface area (Å²) in [5.74, 6) is 1.44. The van der Waals surface area contributed by atoms with Crippen molar-refractivity contribution in [1.29, 1.82) is 0 Å². The molecular weight excluding hydrogens is 465 g/mol. The molecule has 0 amide bonds. The maximum atomic E-state index is 13.9. The Labute approximate surface area is 207 Å². The van der Waals surface area contributed by atoms with E-state index in [1.807, 2.05) is 29.7 Å². The highest BCUT2D eigenvalue weighted by Crippen LogP contribution is 2.38. The molecule has 5 nitrogen and oxygen atoms in total. The fourth-order valence-electron chi connectivity index (χ4n) is 5.28. The van der Waals surface area contributed by atoms with Gasteiger partial charge in [-0.3, -0.25) is 9.36 Å². The van der Waals surface area contributed by atoms with Crippen LogP contribution in [0, 0.1) is 12.8 Å². The van der Waals surface area contributed by atoms with Gasteiger partial charge in [0, 0.05) is 12.7 Å². The molecule has 1 aliphatic carbocycles. The third-order valence-corrected chi connectivity index (χ3v) is 7.14. The smallest absolute Gasteiger partial charge is 0.329 e. The minimum atomic E-state index is -4.40. The lowest BCUT2D eigenvalue weighted by Crippen LogP contribution is -2.32. The Hall–Kier alpha value is -3.68. The van der Waals surface area contributed by atoms with E-state index < -0.39 is 11.7 Å². The second-order valence-electron chi connectivity index (χ2n) is 9.40. The SMILES string of the molecule is Cc1nc2cnc(N(C)c3ccc(C(F)(F)F)cc3)cc2c(=O)n1C(c1ccccc1)C1CCCC1. The quantitative estimate of drug-likeness (QED) is 0.312. The van der Waals surface area contributed by atoms with Gasteiger partial charge in [-0.15, -0.1) is 0 Å². The van der Waals surface area contributed by atoms with Crippen molar-refractivity contribution in [2.75, 3.05) is 11.9 Å². The molecule has 8 heteroatoms. The zero-order chi connectivity index (χ0) is 25.4. The zero-order valence-corrected chi connectivity index (χ0v) is 20.2. The van der Waals surface area contributed by atoms with Gasteiger partial charge in [0.2, 0.25) is 0 Å². The molecule has 0 N–H and O–H groups in total. The maximum Gasteiger partial charge on any atom is 0.416 e. The Morgan fingerprint density at radius 1 is 1.03 bits per heavy atom. The third kappa shape index (κ3) is 4.47. The molecule has 2 aromatic heterocycles. The molecule has 2 heterocycles. The number of benzene rings is 2. The molecule has 1 atom stereocenters. The lowest BCUT2D eigenvalue weighted by Gasteiger charge is -2.28. The van der Waals surface area contributed by atoms with Crippen LogP contribution in [-0.4, -0.2) is 21.6 Å². The fraction of sp³-hybridized carbons (Fsp3) is 0.321. The Morgan fingerprint density at radius 3 is 2.33 bits per heavy atom. The number of rotatable bonds is 5. The molecule has 0 radical (unpaired) electrons. The van der Waals surface area contributed by atoms with Crippen LogP contribution >= 0.6 is 0 Å². The number of halogens is 3. The first-order valence-corrected chi connectivity index (χ1v) is 12.1. The van der Waals surface area contributed by atoms with Crippen LogP contribution in [0.2, 0.25) is 0 Å². The van der Waals surface area contributed by atoms with Crippen molar-refractivity contribution in [3.63, 3.8) is 0 Å². The molecule has 2 aromatic carbocycles. The Balaban J connectivity index is 1.59. The third-order valence-electron chi connectivity index (χ3n) is 7.14. The first kappa shape index (κ1) is 24.0. The lowest BCUT2D eigenvalue weighted by atomic mass is 9.91. The fourth-order valence-corrected chi connectivity index (χ4v) is 5.28. The largest absolute Gasteiger partial charge is 0.416 e. The monoisotopic (exact) mass is 492 g/mol. The van der Waals surface area contributed by atoms with E-state index in [0.29, 0.717) is 34.2 Å². The van der Waals surface area contributed by atoms with E-state index in [9.17, 15) is 18.0 Å². The lowest BCUT2D eigenvalue weighted by molar-refractivity contribution is -0.137. The van der Waals surface area contributed by atoms with E-state index >= 15 is 0 Å². The van der Waals surface area contributed by atoms with E-state index in [4.69, 9.17) is 4.98 Å². The van der Waals surface area contributed by atoms with Crippen LogP contribution in [-0.2, 0) is 6.18 Å². The number of alkyl halides is 3. The summed E-state index contributed by atoms with van der Waals surface area (Å²) < 4.78 is 40.7. The van der Waals surface area contributed by atoms with E-state index in [2.05, 4.69) is 17.1 Å². The second kappa shape index (κ2) is 9.41. The van der Waals surface area contributed by atoms with Crippen molar-refractivity contribution >= 4 is 22.4 Å². The predicted octanol–water partition coefficient (Wildman–Crippen LogP) is 6.67. The highest BCUT2D eigenvalue weighted by molar-refractivity contribution is 5.81. The summed E-state index contributed by atoms with van der Waals surface area (Å²) in [5, 5.41) is 0.434. The molecule has 0 bridgehead atoms. The average molecular weight is 493 g/mol. The Bertz CT molecular complexity index is 1430. The minimum absolute atomic E-state index is 0.109. The van der Waals surface area contributed by atoms with Crippen LogP contribution < -0.4 is 10.5 Å². The van der Waals surface area contributed by atoms with Gasteiger partial charge in [-0.2, -0.15) is 13.2 Å². The molecule has 36 heavy (non-hydrogen) atoms. The summed E-state index contributed by atoms with van der Waals surface area (Å²) in [6.07, 6.45) is 1.56. The van der Waals surface area contributed by atoms with Crippen LogP contribution in [0.25, 0.3) is 10.9 Å². The summed E-state index contributed by atoms with van der Waals surface area (Å²) in [6.45, 7) is 1.86.